The van der Waals surface area contributed by atoms with E-state index in [0.717, 1.165) is 32.7 Å². The van der Waals surface area contributed by atoms with E-state index in [1.54, 1.807) is 0 Å². The van der Waals surface area contributed by atoms with Crippen LogP contribution in [0, 0.1) is 0 Å². The minimum atomic E-state index is -0.570. The van der Waals surface area contributed by atoms with Crippen molar-refractivity contribution in [2.24, 2.45) is 0 Å². The van der Waals surface area contributed by atoms with Gasteiger partial charge in [-0.05, 0) is 38.7 Å². The van der Waals surface area contributed by atoms with Gasteiger partial charge >= 0.3 is 6.09 Å². The molecule has 1 atom stereocenters. The zero-order valence-electron chi connectivity index (χ0n) is 15.3. The van der Waals surface area contributed by atoms with Crippen molar-refractivity contribution in [3.63, 3.8) is 0 Å². The van der Waals surface area contributed by atoms with Gasteiger partial charge in [-0.3, -0.25) is 0 Å². The predicted molar refractivity (Wildman–Crippen MR) is 111 cm³/mol. The summed E-state index contributed by atoms with van der Waals surface area (Å²) in [5, 5.41) is 17.0. The zero-order valence-corrected chi connectivity index (χ0v) is 15.3. The number of aliphatic hydroxyl groups excluding tert-OH is 1. The zero-order chi connectivity index (χ0) is 19.3. The molecule has 4 aromatic carbocycles. The second-order valence-electron chi connectivity index (χ2n) is 6.67. The Balaban J connectivity index is 1.65. The smallest absolute Gasteiger partial charge is 0.408 e. The highest BCUT2D eigenvalue weighted by molar-refractivity contribution is 6.02. The molecule has 0 radical (unpaired) electrons. The van der Waals surface area contributed by atoms with Crippen molar-refractivity contribution in [1.82, 2.24) is 5.32 Å². The molecule has 4 aromatic rings. The molecule has 0 spiro atoms. The fourth-order valence-electron chi connectivity index (χ4n) is 3.54. The third kappa shape index (κ3) is 3.68. The van der Waals surface area contributed by atoms with Crippen LogP contribution in [0.5, 0.6) is 0 Å². The maximum absolute atomic E-state index is 12.4. The summed E-state index contributed by atoms with van der Waals surface area (Å²) >= 11 is 0. The molecule has 0 heterocycles. The summed E-state index contributed by atoms with van der Waals surface area (Å²) in [4.78, 5) is 12.4. The molecule has 0 aliphatic heterocycles. The van der Waals surface area contributed by atoms with Crippen LogP contribution in [-0.4, -0.2) is 17.8 Å². The number of nitrogens with one attached hydrogen (secondary N) is 1. The van der Waals surface area contributed by atoms with Crippen LogP contribution in [0.15, 0.2) is 84.9 Å². The van der Waals surface area contributed by atoms with E-state index in [4.69, 9.17) is 4.74 Å². The molecule has 0 bridgehead atoms. The lowest BCUT2D eigenvalue weighted by Crippen LogP contribution is -2.31. The average Bonchev–Trinajstić information content (AvgIpc) is 2.75. The van der Waals surface area contributed by atoms with E-state index in [9.17, 15) is 9.90 Å². The number of fused-ring (bicyclic) bond motifs is 2. The number of carbonyl (C=O) groups is 1. The largest absolute Gasteiger partial charge is 0.445 e. The number of amides is 1. The van der Waals surface area contributed by atoms with Crippen molar-refractivity contribution in [3.05, 3.63) is 96.1 Å². The van der Waals surface area contributed by atoms with Crippen LogP contribution in [0.2, 0.25) is 0 Å². The molecule has 28 heavy (non-hydrogen) atoms. The first-order valence-corrected chi connectivity index (χ1v) is 9.25. The second kappa shape index (κ2) is 8.11. The van der Waals surface area contributed by atoms with Gasteiger partial charge in [0.05, 0.1) is 12.6 Å². The van der Waals surface area contributed by atoms with Gasteiger partial charge in [-0.15, -0.1) is 0 Å². The Labute approximate surface area is 163 Å². The van der Waals surface area contributed by atoms with Gasteiger partial charge in [-0.25, -0.2) is 4.79 Å². The number of aliphatic hydroxyl groups is 1. The van der Waals surface area contributed by atoms with Crippen LogP contribution < -0.4 is 5.32 Å². The monoisotopic (exact) mass is 371 g/mol. The summed E-state index contributed by atoms with van der Waals surface area (Å²) in [6.45, 7) is -0.0421. The molecule has 1 unspecified atom stereocenters. The van der Waals surface area contributed by atoms with E-state index in [0.29, 0.717) is 0 Å². The molecule has 4 nitrogen and oxygen atoms in total. The van der Waals surface area contributed by atoms with Gasteiger partial charge in [0.1, 0.15) is 6.61 Å². The van der Waals surface area contributed by atoms with E-state index in [2.05, 4.69) is 11.4 Å². The molecule has 1 amide bonds. The first kappa shape index (κ1) is 18.0. The second-order valence-corrected chi connectivity index (χ2v) is 6.67. The summed E-state index contributed by atoms with van der Waals surface area (Å²) in [7, 11) is 0. The van der Waals surface area contributed by atoms with Gasteiger partial charge in [-0.1, -0.05) is 78.9 Å². The number of hydrogen-bond donors (Lipinski definition) is 2. The van der Waals surface area contributed by atoms with Crippen molar-refractivity contribution in [2.75, 3.05) is 6.61 Å². The van der Waals surface area contributed by atoms with Crippen molar-refractivity contribution in [1.29, 1.82) is 0 Å². The maximum Gasteiger partial charge on any atom is 0.408 e. The normalized spacial score (nSPS) is 12.0. The molecule has 2 N–H and O–H groups in total. The average molecular weight is 371 g/mol. The summed E-state index contributed by atoms with van der Waals surface area (Å²) in [6, 6.07) is 27.0. The van der Waals surface area contributed by atoms with Crippen molar-refractivity contribution < 1.29 is 14.6 Å². The van der Waals surface area contributed by atoms with E-state index in [-0.39, 0.29) is 13.2 Å². The van der Waals surface area contributed by atoms with Gasteiger partial charge in [0, 0.05) is 0 Å². The lowest BCUT2D eigenvalue weighted by Gasteiger charge is -2.21. The number of alkyl carbamates (subject to hydrolysis) is 1. The fraction of sp³-hybridized carbons (Fsp3) is 0.125. The van der Waals surface area contributed by atoms with Gasteiger partial charge in [0.15, 0.2) is 0 Å². The Morgan fingerprint density at radius 3 is 2.04 bits per heavy atom. The van der Waals surface area contributed by atoms with E-state index in [1.807, 2.05) is 78.9 Å². The molecule has 4 rings (SSSR count). The number of rotatable bonds is 5. The maximum atomic E-state index is 12.4. The van der Waals surface area contributed by atoms with Crippen molar-refractivity contribution >= 4 is 27.6 Å². The SMILES string of the molecule is O=C(NC(CO)c1c2ccccc2cc2ccccc12)OCc1ccccc1. The van der Waals surface area contributed by atoms with Crippen LogP contribution in [0.1, 0.15) is 17.2 Å². The predicted octanol–water partition coefficient (Wildman–Crippen LogP) is 4.95. The number of carbonyl (C=O) groups excluding carboxylic acids is 1. The highest BCUT2D eigenvalue weighted by Crippen LogP contribution is 2.32. The highest BCUT2D eigenvalue weighted by atomic mass is 16.5. The molecule has 0 aliphatic carbocycles. The molecule has 0 aliphatic rings. The molecule has 0 aromatic heterocycles. The third-order valence-electron chi connectivity index (χ3n) is 4.85. The molecular formula is C24H21NO3. The van der Waals surface area contributed by atoms with Crippen molar-refractivity contribution in [3.8, 4) is 0 Å². The number of hydrogen-bond acceptors (Lipinski definition) is 3. The van der Waals surface area contributed by atoms with Crippen molar-refractivity contribution in [2.45, 2.75) is 12.6 Å². The minimum absolute atomic E-state index is 0.182. The minimum Gasteiger partial charge on any atom is -0.445 e. The number of benzene rings is 4. The van der Waals surface area contributed by atoms with Gasteiger partial charge in [-0.2, -0.15) is 0 Å². The standard InChI is InChI=1S/C24H21NO3/c26-15-22(25-24(27)28-16-17-8-2-1-3-9-17)23-20-12-6-4-10-18(20)14-19-11-5-7-13-21(19)23/h1-14,22,26H,15-16H2,(H,25,27). The lowest BCUT2D eigenvalue weighted by atomic mass is 9.92. The molecule has 4 heteroatoms. The van der Waals surface area contributed by atoms with E-state index in [1.165, 1.54) is 0 Å². The topological polar surface area (TPSA) is 58.6 Å². The Kier molecular flexibility index (Phi) is 5.22. The molecule has 0 saturated carbocycles. The molecule has 0 saturated heterocycles. The Hall–Kier alpha value is -3.37. The van der Waals surface area contributed by atoms with Gasteiger partial charge in [0.2, 0.25) is 0 Å². The quantitative estimate of drug-likeness (QED) is 0.488. The fourth-order valence-corrected chi connectivity index (χ4v) is 3.54. The summed E-state index contributed by atoms with van der Waals surface area (Å²) < 4.78 is 5.34. The van der Waals surface area contributed by atoms with E-state index >= 15 is 0 Å². The summed E-state index contributed by atoms with van der Waals surface area (Å²) in [5.74, 6) is 0. The lowest BCUT2D eigenvalue weighted by molar-refractivity contribution is 0.129. The van der Waals surface area contributed by atoms with E-state index < -0.39 is 12.1 Å². The first-order valence-electron chi connectivity index (χ1n) is 9.25. The van der Waals surface area contributed by atoms with Crippen LogP contribution >= 0.6 is 0 Å². The first-order chi connectivity index (χ1) is 13.8. The summed E-state index contributed by atoms with van der Waals surface area (Å²) in [5.41, 5.74) is 1.81. The Morgan fingerprint density at radius 2 is 1.43 bits per heavy atom. The van der Waals surface area contributed by atoms with Gasteiger partial charge in [0.25, 0.3) is 0 Å². The van der Waals surface area contributed by atoms with Crippen LogP contribution in [0.3, 0.4) is 0 Å². The van der Waals surface area contributed by atoms with Crippen LogP contribution in [0.4, 0.5) is 4.79 Å². The van der Waals surface area contributed by atoms with Crippen LogP contribution in [-0.2, 0) is 11.3 Å². The Bertz CT molecular complexity index is 1050. The number of ether oxygens (including phenoxy) is 1. The molecule has 0 fully saturated rings. The summed E-state index contributed by atoms with van der Waals surface area (Å²) in [6.07, 6.45) is -0.556. The van der Waals surface area contributed by atoms with Gasteiger partial charge < -0.3 is 15.2 Å². The molecular weight excluding hydrogens is 350 g/mol. The molecule has 140 valence electrons. The Morgan fingerprint density at radius 1 is 0.857 bits per heavy atom. The third-order valence-corrected chi connectivity index (χ3v) is 4.85. The van der Waals surface area contributed by atoms with Crippen LogP contribution in [0.25, 0.3) is 21.5 Å². The highest BCUT2D eigenvalue weighted by Gasteiger charge is 2.20.